The maximum absolute atomic E-state index is 11.6. The van der Waals surface area contributed by atoms with Crippen molar-refractivity contribution in [2.75, 3.05) is 12.4 Å². The molecule has 0 aliphatic heterocycles. The Kier molecular flexibility index (Phi) is 4.55. The average Bonchev–Trinajstić information content (AvgIpc) is 2.03. The molecule has 0 fully saturated rings. The van der Waals surface area contributed by atoms with Gasteiger partial charge in [-0.1, -0.05) is 27.7 Å². The molecule has 3 N–H and O–H groups in total. The van der Waals surface area contributed by atoms with Gasteiger partial charge in [-0.15, -0.1) is 0 Å². The summed E-state index contributed by atoms with van der Waals surface area (Å²) >= 11 is 0. The molecule has 0 aliphatic rings. The van der Waals surface area contributed by atoms with Gasteiger partial charge in [-0.05, 0) is 5.41 Å². The first-order valence-electron chi connectivity index (χ1n) is 4.74. The van der Waals surface area contributed by atoms with Crippen molar-refractivity contribution in [3.05, 3.63) is 0 Å². The van der Waals surface area contributed by atoms with E-state index in [-0.39, 0.29) is 11.2 Å². The topological polar surface area (TPSA) is 80.4 Å². The Morgan fingerprint density at radius 1 is 1.36 bits per heavy atom. The lowest BCUT2D eigenvalue weighted by Gasteiger charge is -2.32. The van der Waals surface area contributed by atoms with Gasteiger partial charge >= 0.3 is 0 Å². The van der Waals surface area contributed by atoms with Gasteiger partial charge in [0, 0.05) is 11.8 Å². The van der Waals surface area contributed by atoms with Crippen LogP contribution in [0.15, 0.2) is 0 Å². The zero-order valence-corrected chi connectivity index (χ0v) is 10.1. The number of rotatable bonds is 4. The van der Waals surface area contributed by atoms with E-state index in [1.54, 1.807) is 6.92 Å². The van der Waals surface area contributed by atoms with Gasteiger partial charge in [0.2, 0.25) is 0 Å². The van der Waals surface area contributed by atoms with Crippen LogP contribution in [0.5, 0.6) is 0 Å². The first-order chi connectivity index (χ1) is 6.16. The molecule has 0 unspecified atom stereocenters. The van der Waals surface area contributed by atoms with Crippen molar-refractivity contribution in [1.82, 2.24) is 0 Å². The van der Waals surface area contributed by atoms with Crippen molar-refractivity contribution in [2.45, 2.75) is 39.0 Å². The van der Waals surface area contributed by atoms with Crippen LogP contribution < -0.4 is 5.73 Å². The predicted octanol–water partition coefficient (Wildman–Crippen LogP) is 0.155. The van der Waals surface area contributed by atoms with Crippen LogP contribution in [-0.2, 0) is 9.84 Å². The standard InChI is InChI=1S/C9H21NO3S/c1-5-14(12,13)7(6-11)8(10)9(2,3)4/h7-8,11H,5-6,10H2,1-4H3/t7-,8+/m1/s1. The summed E-state index contributed by atoms with van der Waals surface area (Å²) in [6.45, 7) is 6.75. The zero-order valence-electron chi connectivity index (χ0n) is 9.32. The van der Waals surface area contributed by atoms with Gasteiger partial charge < -0.3 is 10.8 Å². The number of sulfone groups is 1. The molecule has 2 atom stereocenters. The first-order valence-corrected chi connectivity index (χ1v) is 6.46. The zero-order chi connectivity index (χ0) is 11.6. The Labute approximate surface area is 86.4 Å². The van der Waals surface area contributed by atoms with E-state index >= 15 is 0 Å². The third-order valence-electron chi connectivity index (χ3n) is 2.44. The fourth-order valence-electron chi connectivity index (χ4n) is 1.22. The molecule has 0 amide bonds. The van der Waals surface area contributed by atoms with Crippen LogP contribution in [0, 0.1) is 5.41 Å². The fourth-order valence-corrected chi connectivity index (χ4v) is 2.73. The Hall–Kier alpha value is -0.130. The van der Waals surface area contributed by atoms with Crippen LogP contribution in [0.4, 0.5) is 0 Å². The second-order valence-corrected chi connectivity index (χ2v) is 7.07. The highest BCUT2D eigenvalue weighted by atomic mass is 32.2. The maximum atomic E-state index is 11.6. The van der Waals surface area contributed by atoms with Crippen molar-refractivity contribution in [2.24, 2.45) is 11.1 Å². The second-order valence-electron chi connectivity index (χ2n) is 4.56. The number of hydrogen-bond acceptors (Lipinski definition) is 4. The van der Waals surface area contributed by atoms with E-state index in [1.165, 1.54) is 0 Å². The molecule has 0 aromatic carbocycles. The molecule has 0 aliphatic carbocycles. The Morgan fingerprint density at radius 2 is 1.79 bits per heavy atom. The van der Waals surface area contributed by atoms with Gasteiger partial charge in [-0.25, -0.2) is 8.42 Å². The van der Waals surface area contributed by atoms with E-state index in [0.29, 0.717) is 0 Å². The monoisotopic (exact) mass is 223 g/mol. The third kappa shape index (κ3) is 3.22. The Morgan fingerprint density at radius 3 is 2.00 bits per heavy atom. The van der Waals surface area contributed by atoms with Gasteiger partial charge in [-0.2, -0.15) is 0 Å². The van der Waals surface area contributed by atoms with Crippen molar-refractivity contribution in [3.63, 3.8) is 0 Å². The molecule has 0 heterocycles. The molecule has 0 bridgehead atoms. The van der Waals surface area contributed by atoms with Crippen LogP contribution in [0.3, 0.4) is 0 Å². The van der Waals surface area contributed by atoms with Gasteiger partial charge in [0.25, 0.3) is 0 Å². The molecule has 5 heteroatoms. The van der Waals surface area contributed by atoms with Crippen LogP contribution in [0.2, 0.25) is 0 Å². The molecule has 14 heavy (non-hydrogen) atoms. The van der Waals surface area contributed by atoms with E-state index in [1.807, 2.05) is 20.8 Å². The average molecular weight is 223 g/mol. The van der Waals surface area contributed by atoms with Crippen molar-refractivity contribution in [1.29, 1.82) is 0 Å². The maximum Gasteiger partial charge on any atom is 0.156 e. The third-order valence-corrected chi connectivity index (χ3v) is 4.61. The summed E-state index contributed by atoms with van der Waals surface area (Å²) in [5.41, 5.74) is 5.50. The SMILES string of the molecule is CCS(=O)(=O)[C@H](CO)[C@H](N)C(C)(C)C. The van der Waals surface area contributed by atoms with Crippen molar-refractivity contribution >= 4 is 9.84 Å². The smallest absolute Gasteiger partial charge is 0.156 e. The summed E-state index contributed by atoms with van der Waals surface area (Å²) in [4.78, 5) is 0. The van der Waals surface area contributed by atoms with Gasteiger partial charge in [0.05, 0.1) is 11.9 Å². The highest BCUT2D eigenvalue weighted by Crippen LogP contribution is 2.23. The summed E-state index contributed by atoms with van der Waals surface area (Å²) in [7, 11) is -3.27. The van der Waals surface area contributed by atoms with E-state index < -0.39 is 27.7 Å². The summed E-state index contributed by atoms with van der Waals surface area (Å²) < 4.78 is 23.2. The molecule has 0 rings (SSSR count). The highest BCUT2D eigenvalue weighted by molar-refractivity contribution is 7.92. The lowest BCUT2D eigenvalue weighted by atomic mass is 9.85. The van der Waals surface area contributed by atoms with E-state index in [0.717, 1.165) is 0 Å². The van der Waals surface area contributed by atoms with Crippen LogP contribution in [0.1, 0.15) is 27.7 Å². The highest BCUT2D eigenvalue weighted by Gasteiger charge is 2.36. The summed E-state index contributed by atoms with van der Waals surface area (Å²) in [5, 5.41) is 8.21. The number of hydrogen-bond donors (Lipinski definition) is 2. The molecule has 0 radical (unpaired) electrons. The molecular weight excluding hydrogens is 202 g/mol. The lowest BCUT2D eigenvalue weighted by Crippen LogP contribution is -2.51. The quantitative estimate of drug-likeness (QED) is 0.711. The Balaban J connectivity index is 4.93. The number of nitrogens with two attached hydrogens (primary N) is 1. The molecule has 0 saturated carbocycles. The minimum absolute atomic E-state index is 0.0159. The summed E-state index contributed by atoms with van der Waals surface area (Å²) in [6, 6.07) is -0.544. The predicted molar refractivity (Wildman–Crippen MR) is 57.8 cm³/mol. The molecule has 0 saturated heterocycles. The molecule has 0 spiro atoms. The van der Waals surface area contributed by atoms with E-state index in [9.17, 15) is 8.42 Å². The Bertz CT molecular complexity index is 266. The molecule has 0 aromatic heterocycles. The molecule has 0 aromatic rings. The number of aliphatic hydroxyl groups excluding tert-OH is 1. The van der Waals surface area contributed by atoms with Crippen molar-refractivity contribution < 1.29 is 13.5 Å². The minimum atomic E-state index is -3.27. The fraction of sp³-hybridized carbons (Fsp3) is 1.00. The van der Waals surface area contributed by atoms with Gasteiger partial charge in [-0.3, -0.25) is 0 Å². The van der Waals surface area contributed by atoms with Crippen LogP contribution in [-0.4, -0.2) is 37.2 Å². The van der Waals surface area contributed by atoms with E-state index in [4.69, 9.17) is 10.8 Å². The van der Waals surface area contributed by atoms with E-state index in [2.05, 4.69) is 0 Å². The van der Waals surface area contributed by atoms with Crippen molar-refractivity contribution in [3.8, 4) is 0 Å². The van der Waals surface area contributed by atoms with Gasteiger partial charge in [0.15, 0.2) is 9.84 Å². The minimum Gasteiger partial charge on any atom is -0.395 e. The first kappa shape index (κ1) is 13.9. The van der Waals surface area contributed by atoms with Crippen LogP contribution >= 0.6 is 0 Å². The normalized spacial score (nSPS) is 17.9. The van der Waals surface area contributed by atoms with Gasteiger partial charge in [0.1, 0.15) is 0 Å². The molecule has 86 valence electrons. The molecule has 4 nitrogen and oxygen atoms in total. The lowest BCUT2D eigenvalue weighted by molar-refractivity contribution is 0.227. The summed E-state index contributed by atoms with van der Waals surface area (Å²) in [6.07, 6.45) is 0. The van der Waals surface area contributed by atoms with Crippen LogP contribution in [0.25, 0.3) is 0 Å². The summed E-state index contributed by atoms with van der Waals surface area (Å²) in [5.74, 6) is 0.0159. The largest absolute Gasteiger partial charge is 0.395 e. The molecular formula is C9H21NO3S. The number of aliphatic hydroxyl groups is 1. The second kappa shape index (κ2) is 4.59.